The van der Waals surface area contributed by atoms with Gasteiger partial charge in [-0.25, -0.2) is 0 Å². The third-order valence-electron chi connectivity index (χ3n) is 3.36. The highest BCUT2D eigenvalue weighted by Crippen LogP contribution is 2.34. The molecular formula is C13H19NO. The van der Waals surface area contributed by atoms with Crippen LogP contribution in [0.3, 0.4) is 0 Å². The highest BCUT2D eigenvalue weighted by molar-refractivity contribution is 5.30. The molecule has 0 radical (unpaired) electrons. The molecule has 1 aliphatic carbocycles. The first-order chi connectivity index (χ1) is 7.31. The summed E-state index contributed by atoms with van der Waals surface area (Å²) in [6, 6.07) is 8.35. The Balaban J connectivity index is 2.20. The average Bonchev–Trinajstić information content (AvgIpc) is 2.29. The Hall–Kier alpha value is -0.860. The van der Waals surface area contributed by atoms with E-state index in [1.807, 2.05) is 6.07 Å². The first-order valence-corrected chi connectivity index (χ1v) is 5.77. The first-order valence-electron chi connectivity index (χ1n) is 5.77. The molecule has 0 saturated heterocycles. The van der Waals surface area contributed by atoms with Gasteiger partial charge in [-0.1, -0.05) is 30.7 Å². The van der Waals surface area contributed by atoms with Crippen molar-refractivity contribution in [3.05, 3.63) is 35.4 Å². The minimum absolute atomic E-state index is 0.116. The topological polar surface area (TPSA) is 46.2 Å². The second kappa shape index (κ2) is 4.77. The summed E-state index contributed by atoms with van der Waals surface area (Å²) in [7, 11) is 0. The Kier molecular flexibility index (Phi) is 3.39. The van der Waals surface area contributed by atoms with Crippen molar-refractivity contribution in [2.75, 3.05) is 0 Å². The summed E-state index contributed by atoms with van der Waals surface area (Å²) in [5.41, 5.74) is 8.31. The number of hydrogen-bond donors (Lipinski definition) is 2. The van der Waals surface area contributed by atoms with Crippen molar-refractivity contribution in [1.29, 1.82) is 0 Å². The fourth-order valence-electron chi connectivity index (χ4n) is 2.56. The second-order valence-electron chi connectivity index (χ2n) is 4.42. The zero-order valence-corrected chi connectivity index (χ0v) is 9.02. The summed E-state index contributed by atoms with van der Waals surface area (Å²) in [4.78, 5) is 0. The van der Waals surface area contributed by atoms with Gasteiger partial charge in [-0.3, -0.25) is 0 Å². The van der Waals surface area contributed by atoms with Crippen molar-refractivity contribution in [2.45, 2.75) is 44.2 Å². The highest BCUT2D eigenvalue weighted by Gasteiger charge is 2.22. The molecule has 2 heteroatoms. The molecule has 0 spiro atoms. The SMILES string of the molecule is NCc1ccccc1C1CCCC(O)C1. The van der Waals surface area contributed by atoms with Crippen molar-refractivity contribution in [2.24, 2.45) is 5.73 Å². The first kappa shape index (κ1) is 10.7. The molecule has 0 aromatic heterocycles. The summed E-state index contributed by atoms with van der Waals surface area (Å²) in [6.07, 6.45) is 4.06. The molecule has 2 unspecified atom stereocenters. The van der Waals surface area contributed by atoms with Crippen molar-refractivity contribution in [1.82, 2.24) is 0 Å². The van der Waals surface area contributed by atoms with E-state index in [0.29, 0.717) is 12.5 Å². The van der Waals surface area contributed by atoms with Gasteiger partial charge in [-0.2, -0.15) is 0 Å². The van der Waals surface area contributed by atoms with Crippen LogP contribution < -0.4 is 5.73 Å². The average molecular weight is 205 g/mol. The number of rotatable bonds is 2. The Morgan fingerprint density at radius 1 is 1.27 bits per heavy atom. The molecule has 0 heterocycles. The molecule has 3 N–H and O–H groups in total. The van der Waals surface area contributed by atoms with Crippen molar-refractivity contribution in [3.63, 3.8) is 0 Å². The zero-order chi connectivity index (χ0) is 10.7. The van der Waals surface area contributed by atoms with E-state index < -0.39 is 0 Å². The number of aliphatic hydroxyl groups is 1. The molecule has 0 amide bonds. The third-order valence-corrected chi connectivity index (χ3v) is 3.36. The van der Waals surface area contributed by atoms with E-state index in [9.17, 15) is 5.11 Å². The summed E-state index contributed by atoms with van der Waals surface area (Å²) in [5.74, 6) is 0.508. The van der Waals surface area contributed by atoms with Crippen LogP contribution >= 0.6 is 0 Å². The Labute approximate surface area is 91.1 Å². The van der Waals surface area contributed by atoms with Gasteiger partial charge in [0.15, 0.2) is 0 Å². The molecule has 1 aromatic carbocycles. The molecule has 2 rings (SSSR count). The predicted molar refractivity (Wildman–Crippen MR) is 61.5 cm³/mol. The minimum Gasteiger partial charge on any atom is -0.393 e. The molecule has 0 aliphatic heterocycles. The lowest BCUT2D eigenvalue weighted by Gasteiger charge is -2.27. The molecule has 0 bridgehead atoms. The van der Waals surface area contributed by atoms with Gasteiger partial charge in [-0.05, 0) is 36.3 Å². The molecule has 15 heavy (non-hydrogen) atoms. The second-order valence-corrected chi connectivity index (χ2v) is 4.42. The van der Waals surface area contributed by atoms with Gasteiger partial charge < -0.3 is 10.8 Å². The Morgan fingerprint density at radius 2 is 2.07 bits per heavy atom. The zero-order valence-electron chi connectivity index (χ0n) is 9.02. The lowest BCUT2D eigenvalue weighted by atomic mass is 9.81. The molecule has 1 aromatic rings. The normalized spacial score (nSPS) is 26.5. The van der Waals surface area contributed by atoms with Gasteiger partial charge in [0.2, 0.25) is 0 Å². The van der Waals surface area contributed by atoms with E-state index in [1.165, 1.54) is 17.5 Å². The van der Waals surface area contributed by atoms with Gasteiger partial charge in [-0.15, -0.1) is 0 Å². The molecule has 1 aliphatic rings. The maximum Gasteiger partial charge on any atom is 0.0546 e. The number of hydrogen-bond acceptors (Lipinski definition) is 2. The molecule has 82 valence electrons. The number of aliphatic hydroxyl groups excluding tert-OH is 1. The summed E-state index contributed by atoms with van der Waals surface area (Å²) in [6.45, 7) is 0.600. The summed E-state index contributed by atoms with van der Waals surface area (Å²) >= 11 is 0. The van der Waals surface area contributed by atoms with Gasteiger partial charge in [0.25, 0.3) is 0 Å². The van der Waals surface area contributed by atoms with Crippen LogP contribution in [-0.2, 0) is 6.54 Å². The van der Waals surface area contributed by atoms with E-state index in [-0.39, 0.29) is 6.10 Å². The van der Waals surface area contributed by atoms with Crippen LogP contribution in [-0.4, -0.2) is 11.2 Å². The maximum atomic E-state index is 9.67. The minimum atomic E-state index is -0.116. The smallest absolute Gasteiger partial charge is 0.0546 e. The number of nitrogens with two attached hydrogens (primary N) is 1. The van der Waals surface area contributed by atoms with E-state index in [4.69, 9.17) is 5.73 Å². The molecular weight excluding hydrogens is 186 g/mol. The predicted octanol–water partition coefficient (Wildman–Crippen LogP) is 2.16. The molecule has 2 atom stereocenters. The quantitative estimate of drug-likeness (QED) is 0.777. The van der Waals surface area contributed by atoms with Crippen LogP contribution in [0.2, 0.25) is 0 Å². The van der Waals surface area contributed by atoms with Gasteiger partial charge in [0, 0.05) is 6.54 Å². The van der Waals surface area contributed by atoms with Crippen LogP contribution in [0.1, 0.15) is 42.7 Å². The molecule has 1 fully saturated rings. The van der Waals surface area contributed by atoms with Gasteiger partial charge in [0.05, 0.1) is 6.10 Å². The fraction of sp³-hybridized carbons (Fsp3) is 0.538. The third kappa shape index (κ3) is 2.39. The fourth-order valence-corrected chi connectivity index (χ4v) is 2.56. The van der Waals surface area contributed by atoms with Crippen LogP contribution in [0.5, 0.6) is 0 Å². The van der Waals surface area contributed by atoms with Crippen LogP contribution in [0, 0.1) is 0 Å². The largest absolute Gasteiger partial charge is 0.393 e. The lowest BCUT2D eigenvalue weighted by Crippen LogP contribution is -2.19. The van der Waals surface area contributed by atoms with Crippen LogP contribution in [0.4, 0.5) is 0 Å². The highest BCUT2D eigenvalue weighted by atomic mass is 16.3. The van der Waals surface area contributed by atoms with Crippen molar-refractivity contribution >= 4 is 0 Å². The van der Waals surface area contributed by atoms with Crippen molar-refractivity contribution < 1.29 is 5.11 Å². The maximum absolute atomic E-state index is 9.67. The Bertz CT molecular complexity index is 324. The van der Waals surface area contributed by atoms with E-state index in [2.05, 4.69) is 18.2 Å². The van der Waals surface area contributed by atoms with Crippen LogP contribution in [0.25, 0.3) is 0 Å². The van der Waals surface area contributed by atoms with Crippen molar-refractivity contribution in [3.8, 4) is 0 Å². The standard InChI is InChI=1S/C13H19NO/c14-9-11-4-1-2-7-13(11)10-5-3-6-12(15)8-10/h1-2,4,7,10,12,15H,3,5-6,8-9,14H2. The number of benzene rings is 1. The van der Waals surface area contributed by atoms with Gasteiger partial charge >= 0.3 is 0 Å². The molecule has 1 saturated carbocycles. The monoisotopic (exact) mass is 205 g/mol. The van der Waals surface area contributed by atoms with E-state index in [1.54, 1.807) is 0 Å². The summed E-state index contributed by atoms with van der Waals surface area (Å²) < 4.78 is 0. The molecule has 2 nitrogen and oxygen atoms in total. The van der Waals surface area contributed by atoms with E-state index in [0.717, 1.165) is 19.3 Å². The Morgan fingerprint density at radius 3 is 2.80 bits per heavy atom. The summed E-state index contributed by atoms with van der Waals surface area (Å²) in [5, 5.41) is 9.67. The lowest BCUT2D eigenvalue weighted by molar-refractivity contribution is 0.119. The van der Waals surface area contributed by atoms with Crippen LogP contribution in [0.15, 0.2) is 24.3 Å². The van der Waals surface area contributed by atoms with Gasteiger partial charge in [0.1, 0.15) is 0 Å². The van der Waals surface area contributed by atoms with E-state index >= 15 is 0 Å².